The van der Waals surface area contributed by atoms with E-state index in [1.54, 1.807) is 7.11 Å². The van der Waals surface area contributed by atoms with E-state index < -0.39 is 0 Å². The van der Waals surface area contributed by atoms with Crippen molar-refractivity contribution in [2.24, 2.45) is 11.7 Å². The molecular formula is C16H27N3O. The number of pyridine rings is 1. The third kappa shape index (κ3) is 3.93. The zero-order valence-corrected chi connectivity index (χ0v) is 12.7. The Morgan fingerprint density at radius 2 is 2.10 bits per heavy atom. The van der Waals surface area contributed by atoms with Crippen LogP contribution in [0, 0.1) is 5.92 Å². The Bertz CT molecular complexity index is 387. The van der Waals surface area contributed by atoms with Crippen LogP contribution in [0.1, 0.15) is 43.7 Å². The molecule has 1 aliphatic carbocycles. The Kier molecular flexibility index (Phi) is 5.80. The van der Waals surface area contributed by atoms with Crippen LogP contribution in [-0.2, 0) is 0 Å². The van der Waals surface area contributed by atoms with Gasteiger partial charge in [0.1, 0.15) is 0 Å². The van der Waals surface area contributed by atoms with Crippen LogP contribution >= 0.6 is 0 Å². The highest BCUT2D eigenvalue weighted by atomic mass is 16.5. The van der Waals surface area contributed by atoms with Gasteiger partial charge in [0.25, 0.3) is 0 Å². The topological polar surface area (TPSA) is 51.4 Å². The predicted molar refractivity (Wildman–Crippen MR) is 81.8 cm³/mol. The summed E-state index contributed by atoms with van der Waals surface area (Å²) in [4.78, 5) is 6.68. The van der Waals surface area contributed by atoms with Crippen LogP contribution in [-0.4, -0.2) is 37.1 Å². The molecule has 0 bridgehead atoms. The summed E-state index contributed by atoms with van der Waals surface area (Å²) >= 11 is 0. The van der Waals surface area contributed by atoms with Gasteiger partial charge in [0, 0.05) is 31.4 Å². The van der Waals surface area contributed by atoms with Crippen LogP contribution in [0.2, 0.25) is 0 Å². The van der Waals surface area contributed by atoms with Gasteiger partial charge in [0.15, 0.2) is 0 Å². The van der Waals surface area contributed by atoms with Crippen LogP contribution in [0.4, 0.5) is 0 Å². The number of methoxy groups -OCH3 is 1. The highest BCUT2D eigenvalue weighted by Gasteiger charge is 2.21. The van der Waals surface area contributed by atoms with Crippen molar-refractivity contribution in [2.75, 3.05) is 27.2 Å². The molecule has 1 heterocycles. The number of hydrogen-bond donors (Lipinski definition) is 1. The van der Waals surface area contributed by atoms with E-state index >= 15 is 0 Å². The molecule has 112 valence electrons. The average molecular weight is 277 g/mol. The van der Waals surface area contributed by atoms with E-state index in [2.05, 4.69) is 23.0 Å². The molecule has 1 saturated carbocycles. The van der Waals surface area contributed by atoms with Crippen LogP contribution < -0.4 is 10.5 Å². The molecule has 1 fully saturated rings. The summed E-state index contributed by atoms with van der Waals surface area (Å²) in [5.74, 6) is 1.48. The Balaban J connectivity index is 1.98. The maximum atomic E-state index is 5.98. The molecule has 4 heteroatoms. The Morgan fingerprint density at radius 1 is 1.35 bits per heavy atom. The van der Waals surface area contributed by atoms with Crippen molar-refractivity contribution in [2.45, 2.75) is 38.1 Å². The van der Waals surface area contributed by atoms with Crippen LogP contribution in [0.15, 0.2) is 18.3 Å². The largest absolute Gasteiger partial charge is 0.481 e. The minimum atomic E-state index is 0.246. The molecule has 1 unspecified atom stereocenters. The third-order valence-corrected chi connectivity index (χ3v) is 4.38. The van der Waals surface area contributed by atoms with Gasteiger partial charge >= 0.3 is 0 Å². The van der Waals surface area contributed by atoms with Crippen LogP contribution in [0.5, 0.6) is 5.88 Å². The summed E-state index contributed by atoms with van der Waals surface area (Å²) < 4.78 is 5.11. The van der Waals surface area contributed by atoms with Gasteiger partial charge in [0.2, 0.25) is 5.88 Å². The summed E-state index contributed by atoms with van der Waals surface area (Å²) in [6.45, 7) is 1.76. The highest BCUT2D eigenvalue weighted by Crippen LogP contribution is 2.27. The van der Waals surface area contributed by atoms with Gasteiger partial charge in [-0.05, 0) is 31.4 Å². The van der Waals surface area contributed by atoms with E-state index in [1.807, 2.05) is 12.3 Å². The van der Waals surface area contributed by atoms with E-state index in [9.17, 15) is 0 Å². The van der Waals surface area contributed by atoms with E-state index in [1.165, 1.54) is 37.7 Å². The minimum Gasteiger partial charge on any atom is -0.481 e. The molecule has 0 radical (unpaired) electrons. The van der Waals surface area contributed by atoms with Crippen LogP contribution in [0.3, 0.4) is 0 Å². The lowest BCUT2D eigenvalue weighted by Crippen LogP contribution is -2.35. The van der Waals surface area contributed by atoms with Gasteiger partial charge in [-0.15, -0.1) is 0 Å². The van der Waals surface area contributed by atoms with E-state index in [-0.39, 0.29) is 6.04 Å². The zero-order chi connectivity index (χ0) is 14.4. The summed E-state index contributed by atoms with van der Waals surface area (Å²) in [6.07, 6.45) is 8.79. The molecule has 1 atom stereocenters. The molecule has 0 spiro atoms. The molecule has 2 rings (SSSR count). The first-order chi connectivity index (χ1) is 9.74. The average Bonchev–Trinajstić information content (AvgIpc) is 2.49. The van der Waals surface area contributed by atoms with Gasteiger partial charge in [0.05, 0.1) is 7.11 Å². The van der Waals surface area contributed by atoms with Crippen molar-refractivity contribution >= 4 is 0 Å². The maximum absolute atomic E-state index is 5.98. The van der Waals surface area contributed by atoms with Crippen molar-refractivity contribution < 1.29 is 4.74 Å². The molecule has 0 aromatic carbocycles. The molecule has 1 aromatic heterocycles. The molecule has 0 saturated heterocycles. The van der Waals surface area contributed by atoms with Crippen molar-refractivity contribution in [3.8, 4) is 5.88 Å². The highest BCUT2D eigenvalue weighted by molar-refractivity contribution is 5.21. The van der Waals surface area contributed by atoms with E-state index in [0.29, 0.717) is 12.4 Å². The molecule has 20 heavy (non-hydrogen) atoms. The van der Waals surface area contributed by atoms with Gasteiger partial charge in [-0.3, -0.25) is 4.90 Å². The van der Waals surface area contributed by atoms with Gasteiger partial charge < -0.3 is 10.5 Å². The normalized spacial score (nSPS) is 18.2. The number of nitrogens with two attached hydrogens (primary N) is 1. The lowest BCUT2D eigenvalue weighted by atomic mass is 9.88. The first kappa shape index (κ1) is 15.3. The molecule has 2 N–H and O–H groups in total. The molecule has 1 aromatic rings. The fraction of sp³-hybridized carbons (Fsp3) is 0.688. The van der Waals surface area contributed by atoms with Gasteiger partial charge in [-0.1, -0.05) is 25.3 Å². The summed E-state index contributed by atoms with van der Waals surface area (Å²) in [7, 11) is 3.81. The SMILES string of the molecule is COc1ccc(C(CN)N(C)CC2CCCCC2)cn1. The second-order valence-corrected chi connectivity index (χ2v) is 5.83. The third-order valence-electron chi connectivity index (χ3n) is 4.38. The van der Waals surface area contributed by atoms with Crippen molar-refractivity contribution in [1.82, 2.24) is 9.88 Å². The zero-order valence-electron chi connectivity index (χ0n) is 12.7. The van der Waals surface area contributed by atoms with E-state index in [4.69, 9.17) is 10.5 Å². The monoisotopic (exact) mass is 277 g/mol. The van der Waals surface area contributed by atoms with Crippen molar-refractivity contribution in [1.29, 1.82) is 0 Å². The van der Waals surface area contributed by atoms with E-state index in [0.717, 1.165) is 12.5 Å². The fourth-order valence-corrected chi connectivity index (χ4v) is 3.18. The van der Waals surface area contributed by atoms with Gasteiger partial charge in [-0.25, -0.2) is 4.98 Å². The predicted octanol–water partition coefficient (Wildman–Crippen LogP) is 2.60. The number of nitrogens with zero attached hydrogens (tertiary/aromatic N) is 2. The minimum absolute atomic E-state index is 0.246. The number of likely N-dealkylation sites (N-methyl/N-ethyl adjacent to an activating group) is 1. The summed E-state index contributed by atoms with van der Waals surface area (Å²) in [5.41, 5.74) is 7.15. The number of rotatable bonds is 6. The molecular weight excluding hydrogens is 250 g/mol. The van der Waals surface area contributed by atoms with Crippen molar-refractivity contribution in [3.05, 3.63) is 23.9 Å². The number of hydrogen-bond acceptors (Lipinski definition) is 4. The molecule has 4 nitrogen and oxygen atoms in total. The smallest absolute Gasteiger partial charge is 0.212 e. The second kappa shape index (κ2) is 7.60. The van der Waals surface area contributed by atoms with Crippen molar-refractivity contribution in [3.63, 3.8) is 0 Å². The molecule has 1 aliphatic rings. The lowest BCUT2D eigenvalue weighted by molar-refractivity contribution is 0.185. The molecule has 0 amide bonds. The Labute approximate surface area is 122 Å². The Hall–Kier alpha value is -1.13. The molecule has 0 aliphatic heterocycles. The fourth-order valence-electron chi connectivity index (χ4n) is 3.18. The first-order valence-electron chi connectivity index (χ1n) is 7.65. The maximum Gasteiger partial charge on any atom is 0.212 e. The van der Waals surface area contributed by atoms with Gasteiger partial charge in [-0.2, -0.15) is 0 Å². The number of aromatic nitrogens is 1. The van der Waals surface area contributed by atoms with Crippen LogP contribution in [0.25, 0.3) is 0 Å². The summed E-state index contributed by atoms with van der Waals surface area (Å²) in [5, 5.41) is 0. The second-order valence-electron chi connectivity index (χ2n) is 5.83. The number of ether oxygens (including phenoxy) is 1. The summed E-state index contributed by atoms with van der Waals surface area (Å²) in [6, 6.07) is 4.23. The lowest BCUT2D eigenvalue weighted by Gasteiger charge is -2.32. The quantitative estimate of drug-likeness (QED) is 0.868. The standard InChI is InChI=1S/C16H27N3O/c1-19(12-13-6-4-3-5-7-13)15(10-17)14-8-9-16(20-2)18-11-14/h8-9,11,13,15H,3-7,10,12,17H2,1-2H3. The Morgan fingerprint density at radius 3 is 2.65 bits per heavy atom. The first-order valence-corrected chi connectivity index (χ1v) is 7.65.